The number of hydrogen-bond acceptors (Lipinski definition) is 3. The molecule has 1 amide bonds. The Hall–Kier alpha value is -2.59. The van der Waals surface area contributed by atoms with Gasteiger partial charge in [0, 0.05) is 19.5 Å². The molecule has 0 saturated carbocycles. The minimum Gasteiger partial charge on any atom is -0.455 e. The van der Waals surface area contributed by atoms with Gasteiger partial charge >= 0.3 is 0 Å². The van der Waals surface area contributed by atoms with E-state index in [0.29, 0.717) is 30.9 Å². The molecule has 114 valence electrons. The lowest BCUT2D eigenvalue weighted by atomic mass is 10.2. The highest BCUT2D eigenvalue weighted by atomic mass is 16.5. The maximum absolute atomic E-state index is 11.9. The molecule has 0 saturated heterocycles. The molecule has 0 unspecified atom stereocenters. The molecule has 0 atom stereocenters. The highest BCUT2D eigenvalue weighted by Crippen LogP contribution is 2.29. The largest absolute Gasteiger partial charge is 0.455 e. The number of ether oxygens (including phenoxy) is 1. The van der Waals surface area contributed by atoms with Gasteiger partial charge in [0.1, 0.15) is 5.75 Å². The maximum atomic E-state index is 11.9. The monoisotopic (exact) mass is 296 g/mol. The van der Waals surface area contributed by atoms with Gasteiger partial charge in [-0.1, -0.05) is 36.4 Å². The summed E-state index contributed by atoms with van der Waals surface area (Å²) in [5, 5.41) is 5.97. The van der Waals surface area contributed by atoms with Crippen molar-refractivity contribution in [1.82, 2.24) is 5.32 Å². The maximum Gasteiger partial charge on any atom is 0.225 e. The number of para-hydroxylation sites is 3. The van der Waals surface area contributed by atoms with Crippen LogP contribution in [0.15, 0.2) is 67.3 Å². The van der Waals surface area contributed by atoms with Crippen molar-refractivity contribution in [3.63, 3.8) is 0 Å². The number of nitrogens with one attached hydrogen (secondary N) is 2. The summed E-state index contributed by atoms with van der Waals surface area (Å²) in [6.45, 7) is 4.92. The van der Waals surface area contributed by atoms with Gasteiger partial charge in [-0.2, -0.15) is 0 Å². The van der Waals surface area contributed by atoms with Gasteiger partial charge in [0.2, 0.25) is 5.91 Å². The Morgan fingerprint density at radius 3 is 2.59 bits per heavy atom. The lowest BCUT2D eigenvalue weighted by Crippen LogP contribution is -2.21. The molecule has 2 aromatic rings. The molecular weight excluding hydrogens is 276 g/mol. The molecule has 2 aromatic carbocycles. The standard InChI is InChI=1S/C18H20N2O2/c1-2-13-19-14-12-18(21)20-16-10-6-7-11-17(16)22-15-8-4-3-5-9-15/h2-11,19H,1,12-14H2,(H,20,21). The van der Waals surface area contributed by atoms with Crippen LogP contribution in [0.3, 0.4) is 0 Å². The van der Waals surface area contributed by atoms with Gasteiger partial charge in [-0.05, 0) is 24.3 Å². The van der Waals surface area contributed by atoms with Gasteiger partial charge in [0.05, 0.1) is 5.69 Å². The van der Waals surface area contributed by atoms with Crippen LogP contribution in [0.25, 0.3) is 0 Å². The molecule has 0 spiro atoms. The third-order valence-electron chi connectivity index (χ3n) is 2.95. The molecule has 22 heavy (non-hydrogen) atoms. The van der Waals surface area contributed by atoms with Crippen molar-refractivity contribution in [2.45, 2.75) is 6.42 Å². The zero-order chi connectivity index (χ0) is 15.6. The van der Waals surface area contributed by atoms with E-state index in [4.69, 9.17) is 4.74 Å². The van der Waals surface area contributed by atoms with Gasteiger partial charge in [-0.3, -0.25) is 4.79 Å². The van der Waals surface area contributed by atoms with E-state index in [1.54, 1.807) is 6.08 Å². The van der Waals surface area contributed by atoms with E-state index in [9.17, 15) is 4.79 Å². The van der Waals surface area contributed by atoms with Gasteiger partial charge in [0.25, 0.3) is 0 Å². The van der Waals surface area contributed by atoms with Crippen LogP contribution in [-0.4, -0.2) is 19.0 Å². The quantitative estimate of drug-likeness (QED) is 0.578. The van der Waals surface area contributed by atoms with E-state index in [0.717, 1.165) is 5.75 Å². The molecule has 2 N–H and O–H groups in total. The van der Waals surface area contributed by atoms with E-state index < -0.39 is 0 Å². The highest BCUT2D eigenvalue weighted by molar-refractivity contribution is 5.92. The van der Waals surface area contributed by atoms with Crippen LogP contribution in [0.4, 0.5) is 5.69 Å². The molecule has 4 nitrogen and oxygen atoms in total. The van der Waals surface area contributed by atoms with Crippen molar-refractivity contribution < 1.29 is 9.53 Å². The fourth-order valence-electron chi connectivity index (χ4n) is 1.89. The molecular formula is C18H20N2O2. The average Bonchev–Trinajstić information content (AvgIpc) is 2.54. The zero-order valence-electron chi connectivity index (χ0n) is 12.4. The predicted octanol–water partition coefficient (Wildman–Crippen LogP) is 3.58. The first-order chi connectivity index (χ1) is 10.8. The van der Waals surface area contributed by atoms with E-state index >= 15 is 0 Å². The van der Waals surface area contributed by atoms with Crippen molar-refractivity contribution >= 4 is 11.6 Å². The van der Waals surface area contributed by atoms with Gasteiger partial charge < -0.3 is 15.4 Å². The van der Waals surface area contributed by atoms with Crippen LogP contribution >= 0.6 is 0 Å². The lowest BCUT2D eigenvalue weighted by molar-refractivity contribution is -0.116. The highest BCUT2D eigenvalue weighted by Gasteiger charge is 2.08. The minimum absolute atomic E-state index is 0.0549. The van der Waals surface area contributed by atoms with Crippen molar-refractivity contribution in [1.29, 1.82) is 0 Å². The Kier molecular flexibility index (Phi) is 6.20. The summed E-state index contributed by atoms with van der Waals surface area (Å²) >= 11 is 0. The van der Waals surface area contributed by atoms with Crippen LogP contribution < -0.4 is 15.4 Å². The van der Waals surface area contributed by atoms with E-state index in [1.165, 1.54) is 0 Å². The second-order valence-corrected chi connectivity index (χ2v) is 4.70. The Bertz CT molecular complexity index is 611. The first kappa shape index (κ1) is 15.8. The van der Waals surface area contributed by atoms with Crippen molar-refractivity contribution in [2.24, 2.45) is 0 Å². The average molecular weight is 296 g/mol. The van der Waals surface area contributed by atoms with Crippen molar-refractivity contribution in [3.05, 3.63) is 67.3 Å². The first-order valence-corrected chi connectivity index (χ1v) is 7.23. The smallest absolute Gasteiger partial charge is 0.225 e. The Morgan fingerprint density at radius 2 is 1.82 bits per heavy atom. The van der Waals surface area contributed by atoms with E-state index in [-0.39, 0.29) is 5.91 Å². The zero-order valence-corrected chi connectivity index (χ0v) is 12.4. The van der Waals surface area contributed by atoms with Crippen molar-refractivity contribution in [3.8, 4) is 11.5 Å². The third-order valence-corrected chi connectivity index (χ3v) is 2.95. The summed E-state index contributed by atoms with van der Waals surface area (Å²) in [5.41, 5.74) is 0.667. The lowest BCUT2D eigenvalue weighted by Gasteiger charge is -2.12. The normalized spacial score (nSPS) is 10.0. The summed E-state index contributed by atoms with van der Waals surface area (Å²) in [5.74, 6) is 1.30. The van der Waals surface area contributed by atoms with E-state index in [1.807, 2.05) is 54.6 Å². The topological polar surface area (TPSA) is 50.4 Å². The number of rotatable bonds is 8. The minimum atomic E-state index is -0.0549. The molecule has 0 aliphatic carbocycles. The first-order valence-electron chi connectivity index (χ1n) is 7.23. The summed E-state index contributed by atoms with van der Waals surface area (Å²) < 4.78 is 5.81. The van der Waals surface area contributed by atoms with Crippen molar-refractivity contribution in [2.75, 3.05) is 18.4 Å². The molecule has 0 bridgehead atoms. The summed E-state index contributed by atoms with van der Waals surface area (Å²) in [4.78, 5) is 11.9. The Labute approximate surface area is 130 Å². The second kappa shape index (κ2) is 8.64. The molecule has 2 rings (SSSR count). The fraction of sp³-hybridized carbons (Fsp3) is 0.167. The molecule has 0 aliphatic heterocycles. The molecule has 0 aromatic heterocycles. The molecule has 0 aliphatic rings. The van der Waals surface area contributed by atoms with Crippen LogP contribution in [0, 0.1) is 0 Å². The predicted molar refractivity (Wildman–Crippen MR) is 89.3 cm³/mol. The number of anilines is 1. The molecule has 0 heterocycles. The SMILES string of the molecule is C=CCNCCC(=O)Nc1ccccc1Oc1ccccc1. The Balaban J connectivity index is 1.96. The van der Waals surface area contributed by atoms with Crippen LogP contribution in [-0.2, 0) is 4.79 Å². The van der Waals surface area contributed by atoms with Gasteiger partial charge in [0.15, 0.2) is 5.75 Å². The van der Waals surface area contributed by atoms with Gasteiger partial charge in [-0.25, -0.2) is 0 Å². The number of amides is 1. The third kappa shape index (κ3) is 5.07. The summed E-state index contributed by atoms with van der Waals surface area (Å²) in [7, 11) is 0. The number of carbonyl (C=O) groups is 1. The summed E-state index contributed by atoms with van der Waals surface area (Å²) in [6.07, 6.45) is 2.16. The molecule has 4 heteroatoms. The van der Waals surface area contributed by atoms with E-state index in [2.05, 4.69) is 17.2 Å². The number of carbonyl (C=O) groups excluding carboxylic acids is 1. The Morgan fingerprint density at radius 1 is 1.09 bits per heavy atom. The number of benzene rings is 2. The molecule has 0 fully saturated rings. The fourth-order valence-corrected chi connectivity index (χ4v) is 1.89. The van der Waals surface area contributed by atoms with Crippen LogP contribution in [0.1, 0.15) is 6.42 Å². The van der Waals surface area contributed by atoms with Gasteiger partial charge in [-0.15, -0.1) is 6.58 Å². The van der Waals surface area contributed by atoms with Crippen LogP contribution in [0.5, 0.6) is 11.5 Å². The van der Waals surface area contributed by atoms with Crippen LogP contribution in [0.2, 0.25) is 0 Å². The second-order valence-electron chi connectivity index (χ2n) is 4.70. The summed E-state index contributed by atoms with van der Waals surface area (Å²) in [6, 6.07) is 16.9. The number of hydrogen-bond donors (Lipinski definition) is 2. The molecule has 0 radical (unpaired) electrons.